The highest BCUT2D eigenvalue weighted by Crippen LogP contribution is 2.33. The maximum absolute atomic E-state index is 13.8. The topological polar surface area (TPSA) is 282 Å². The maximum atomic E-state index is 13.8. The molecule has 6 amide bonds. The zero-order chi connectivity index (χ0) is 47.9. The molecule has 20 nitrogen and oxygen atoms in total. The van der Waals surface area contributed by atoms with Gasteiger partial charge in [-0.05, 0) is 69.6 Å². The van der Waals surface area contributed by atoms with Gasteiger partial charge in [0, 0.05) is 68.5 Å². The smallest absolute Gasteiger partial charge is 0.255 e. The molecule has 0 atom stereocenters. The van der Waals surface area contributed by atoms with Crippen LogP contribution in [0.15, 0.2) is 36.4 Å². The van der Waals surface area contributed by atoms with Crippen LogP contribution in [0.1, 0.15) is 114 Å². The van der Waals surface area contributed by atoms with Crippen molar-refractivity contribution in [2.75, 3.05) is 68.8 Å². The number of ether oxygens (including phenoxy) is 6. The van der Waals surface area contributed by atoms with Gasteiger partial charge in [-0.25, -0.2) is 0 Å². The fourth-order valence-electron chi connectivity index (χ4n) is 8.14. The van der Waals surface area contributed by atoms with Crippen LogP contribution in [-0.4, -0.2) is 128 Å². The quantitative estimate of drug-likeness (QED) is 0.0806. The summed E-state index contributed by atoms with van der Waals surface area (Å²) in [6.45, 7) is 0.985. The molecule has 0 aromatic heterocycles. The predicted molar refractivity (Wildman–Crippen MR) is 243 cm³/mol. The van der Waals surface area contributed by atoms with Crippen LogP contribution in [0.25, 0.3) is 0 Å². The molecule has 0 saturated heterocycles. The van der Waals surface area contributed by atoms with E-state index in [0.717, 1.165) is 0 Å². The Balaban J connectivity index is 1.17. The first-order valence-electron chi connectivity index (χ1n) is 21.8. The lowest BCUT2D eigenvalue weighted by Crippen LogP contribution is -2.44. The fraction of sp³-hybridized carbons (Fsp3) is 0.478. The molecule has 0 spiro atoms. The molecule has 0 radical (unpaired) electrons. The second-order valence-electron chi connectivity index (χ2n) is 15.8. The van der Waals surface area contributed by atoms with Gasteiger partial charge in [-0.3, -0.25) is 28.8 Å². The van der Waals surface area contributed by atoms with E-state index in [-0.39, 0.29) is 118 Å². The molecule has 2 saturated carbocycles. The van der Waals surface area contributed by atoms with Crippen molar-refractivity contribution in [1.82, 2.24) is 31.9 Å². The molecule has 20 heteroatoms. The van der Waals surface area contributed by atoms with Crippen molar-refractivity contribution >= 4 is 35.4 Å². The Bertz CT molecular complexity index is 2090. The molecule has 3 aromatic rings. The molecular formula is C46H62N8O12. The summed E-state index contributed by atoms with van der Waals surface area (Å²) in [6, 6.07) is 7.93. The minimum Gasteiger partial charge on any atom is -0.496 e. The first-order chi connectivity index (χ1) is 31.8. The molecule has 2 aliphatic carbocycles. The SMILES string of the molecule is COc1cc(OC)c(C(=O)NC2CCC(NC(=O)c3cc(C(=O)NC4CCC(NC(=O)c5cc(C(=O)NCCN)c(OC)cc5OC)CC4)c(OC)cc3OC)CC2)cc1C(=O)NCCN. The number of amides is 6. The summed E-state index contributed by atoms with van der Waals surface area (Å²) in [5.41, 5.74) is 12.0. The number of hydrogen-bond donors (Lipinski definition) is 8. The van der Waals surface area contributed by atoms with Crippen LogP contribution in [-0.2, 0) is 0 Å². The summed E-state index contributed by atoms with van der Waals surface area (Å²) in [4.78, 5) is 80.2. The van der Waals surface area contributed by atoms with Crippen LogP contribution in [0.2, 0.25) is 0 Å². The Morgan fingerprint density at radius 1 is 0.379 bits per heavy atom. The lowest BCUT2D eigenvalue weighted by Gasteiger charge is -2.30. The lowest BCUT2D eigenvalue weighted by molar-refractivity contribution is 0.0883. The van der Waals surface area contributed by atoms with Crippen LogP contribution in [0.4, 0.5) is 0 Å². The van der Waals surface area contributed by atoms with Crippen molar-refractivity contribution in [1.29, 1.82) is 0 Å². The molecule has 2 fully saturated rings. The minimum atomic E-state index is -0.439. The zero-order valence-corrected chi connectivity index (χ0v) is 38.3. The standard InChI is InChI=1S/C46H62N8O12/c1-61-35-22-37(63-3)31(19-29(35)41(55)49-17-15-47)43(57)51-25-7-11-27(12-8-25)53-45(59)33-21-34(40(66-6)24-39(33)65-5)46(60)54-28-13-9-26(10-14-28)52-44(58)32-20-30(42(56)50-18-16-48)36(62-2)23-38(32)64-4/h19-28H,7-18,47-48H2,1-6H3,(H,49,55)(H,50,56)(H,51,57)(H,52,58)(H,53,59)(H,54,60). The van der Waals surface area contributed by atoms with Crippen molar-refractivity contribution in [3.05, 3.63) is 69.8 Å². The summed E-state index contributed by atoms with van der Waals surface area (Å²) < 4.78 is 32.8. The molecule has 10 N–H and O–H groups in total. The number of nitrogens with two attached hydrogens (primary N) is 2. The number of carbonyl (C=O) groups excluding carboxylic acids is 6. The van der Waals surface area contributed by atoms with Gasteiger partial charge in [-0.2, -0.15) is 0 Å². The van der Waals surface area contributed by atoms with Crippen LogP contribution in [0, 0.1) is 0 Å². The van der Waals surface area contributed by atoms with Crippen LogP contribution in [0.5, 0.6) is 34.5 Å². The number of carbonyl (C=O) groups is 6. The van der Waals surface area contributed by atoms with Gasteiger partial charge in [0.1, 0.15) is 34.5 Å². The van der Waals surface area contributed by atoms with E-state index in [1.54, 1.807) is 0 Å². The van der Waals surface area contributed by atoms with Crippen LogP contribution >= 0.6 is 0 Å². The van der Waals surface area contributed by atoms with Crippen molar-refractivity contribution in [3.63, 3.8) is 0 Å². The van der Waals surface area contributed by atoms with Gasteiger partial charge < -0.3 is 71.8 Å². The second-order valence-corrected chi connectivity index (χ2v) is 15.8. The average molecular weight is 919 g/mol. The number of methoxy groups -OCH3 is 6. The second kappa shape index (κ2) is 23.9. The zero-order valence-electron chi connectivity index (χ0n) is 38.3. The third-order valence-corrected chi connectivity index (χ3v) is 11.7. The first kappa shape index (κ1) is 50.2. The number of hydrogen-bond acceptors (Lipinski definition) is 14. The molecule has 358 valence electrons. The molecule has 5 rings (SSSR count). The van der Waals surface area contributed by atoms with Gasteiger partial charge in [0.25, 0.3) is 35.4 Å². The Labute approximate surface area is 383 Å². The van der Waals surface area contributed by atoms with Crippen molar-refractivity contribution in [2.24, 2.45) is 11.5 Å². The summed E-state index contributed by atoms with van der Waals surface area (Å²) in [6.07, 6.45) is 4.45. The lowest BCUT2D eigenvalue weighted by atomic mass is 9.90. The summed E-state index contributed by atoms with van der Waals surface area (Å²) in [7, 11) is 8.53. The van der Waals surface area contributed by atoms with Crippen LogP contribution < -0.4 is 71.8 Å². The predicted octanol–water partition coefficient (Wildman–Crippen LogP) is 2.06. The molecule has 0 bridgehead atoms. The van der Waals surface area contributed by atoms with Gasteiger partial charge in [0.15, 0.2) is 0 Å². The maximum Gasteiger partial charge on any atom is 0.255 e. The number of benzene rings is 3. The molecule has 2 aliphatic rings. The number of nitrogens with one attached hydrogen (secondary N) is 6. The van der Waals surface area contributed by atoms with E-state index in [1.807, 2.05) is 0 Å². The highest BCUT2D eigenvalue weighted by atomic mass is 16.5. The average Bonchev–Trinajstić information content (AvgIpc) is 3.34. The highest BCUT2D eigenvalue weighted by molar-refractivity contribution is 6.05. The third-order valence-electron chi connectivity index (χ3n) is 11.7. The number of rotatable bonds is 20. The summed E-state index contributed by atoms with van der Waals surface area (Å²) >= 11 is 0. The monoisotopic (exact) mass is 918 g/mol. The Kier molecular flexibility index (Phi) is 18.2. The first-order valence-corrected chi connectivity index (χ1v) is 21.8. The minimum absolute atomic E-state index is 0.150. The van der Waals surface area contributed by atoms with E-state index in [9.17, 15) is 28.8 Å². The van der Waals surface area contributed by atoms with Crippen molar-refractivity contribution < 1.29 is 57.2 Å². The highest BCUT2D eigenvalue weighted by Gasteiger charge is 2.31. The van der Waals surface area contributed by atoms with Crippen molar-refractivity contribution in [2.45, 2.75) is 75.5 Å². The van der Waals surface area contributed by atoms with E-state index in [0.29, 0.717) is 51.4 Å². The van der Waals surface area contributed by atoms with E-state index < -0.39 is 35.4 Å². The van der Waals surface area contributed by atoms with Gasteiger partial charge in [-0.15, -0.1) is 0 Å². The fourth-order valence-corrected chi connectivity index (χ4v) is 8.14. The molecule has 0 unspecified atom stereocenters. The summed E-state index contributed by atoms with van der Waals surface area (Å²) in [5.74, 6) is -1.18. The molecule has 3 aromatic carbocycles. The van der Waals surface area contributed by atoms with E-state index in [2.05, 4.69) is 31.9 Å². The van der Waals surface area contributed by atoms with Crippen LogP contribution in [0.3, 0.4) is 0 Å². The molecular weight excluding hydrogens is 857 g/mol. The van der Waals surface area contributed by atoms with Gasteiger partial charge >= 0.3 is 0 Å². The van der Waals surface area contributed by atoms with Gasteiger partial charge in [-0.1, -0.05) is 0 Å². The third kappa shape index (κ3) is 12.3. The van der Waals surface area contributed by atoms with Gasteiger partial charge in [0.05, 0.1) is 76.0 Å². The molecule has 66 heavy (non-hydrogen) atoms. The Hall–Kier alpha value is -6.80. The van der Waals surface area contributed by atoms with E-state index in [1.165, 1.54) is 79.1 Å². The van der Waals surface area contributed by atoms with E-state index >= 15 is 0 Å². The Morgan fingerprint density at radius 2 is 0.576 bits per heavy atom. The van der Waals surface area contributed by atoms with E-state index in [4.69, 9.17) is 39.9 Å². The molecule has 0 aliphatic heterocycles. The van der Waals surface area contributed by atoms with Gasteiger partial charge in [0.2, 0.25) is 0 Å². The van der Waals surface area contributed by atoms with Crippen molar-refractivity contribution in [3.8, 4) is 34.5 Å². The Morgan fingerprint density at radius 3 is 0.758 bits per heavy atom. The molecule has 0 heterocycles. The normalized spacial score (nSPS) is 17.8. The largest absolute Gasteiger partial charge is 0.496 e. The summed E-state index contributed by atoms with van der Waals surface area (Å²) in [5, 5.41) is 17.6.